The van der Waals surface area contributed by atoms with Gasteiger partial charge >= 0.3 is 0 Å². The molecule has 1 aliphatic rings. The Morgan fingerprint density at radius 3 is 2.83 bits per heavy atom. The lowest BCUT2D eigenvalue weighted by molar-refractivity contribution is 0.0150. The van der Waals surface area contributed by atoms with Gasteiger partial charge < -0.3 is 14.4 Å². The second kappa shape index (κ2) is 9.77. The maximum Gasteiger partial charge on any atom is 0.167 e. The molecule has 1 fully saturated rings. The molecule has 1 saturated heterocycles. The molecule has 1 aromatic carbocycles. The number of benzene rings is 1. The number of aryl methyl sites for hydroxylation is 1. The summed E-state index contributed by atoms with van der Waals surface area (Å²) in [6.07, 6.45) is 6.19. The van der Waals surface area contributed by atoms with Gasteiger partial charge in [0.05, 0.1) is 29.5 Å². The molecule has 1 aliphatic heterocycles. The van der Waals surface area contributed by atoms with Crippen LogP contribution in [-0.4, -0.2) is 34.2 Å². The summed E-state index contributed by atoms with van der Waals surface area (Å²) in [5, 5.41) is 4.02. The van der Waals surface area contributed by atoms with Crippen LogP contribution < -0.4 is 9.62 Å². The van der Waals surface area contributed by atoms with Crippen molar-refractivity contribution in [3.05, 3.63) is 40.8 Å². The van der Waals surface area contributed by atoms with Crippen LogP contribution in [0.5, 0.6) is 0 Å². The Morgan fingerprint density at radius 2 is 2.13 bits per heavy atom. The van der Waals surface area contributed by atoms with Crippen LogP contribution in [0.3, 0.4) is 0 Å². The molecule has 6 nitrogen and oxygen atoms in total. The molecular weight excluding hydrogens is 552 g/mol. The molecule has 0 amide bonds. The predicted octanol–water partition coefficient (Wildman–Crippen LogP) is 6.88. The van der Waals surface area contributed by atoms with Crippen molar-refractivity contribution in [3.63, 3.8) is 0 Å². The molecule has 2 aromatic heterocycles. The molecule has 0 saturated carbocycles. The lowest BCUT2D eigenvalue weighted by atomic mass is 10.0. The number of ether oxygens (including phenoxy) is 1. The van der Waals surface area contributed by atoms with Crippen molar-refractivity contribution in [1.29, 1.82) is 0 Å². The highest BCUT2D eigenvalue weighted by Gasteiger charge is 2.20. The van der Waals surface area contributed by atoms with Gasteiger partial charge in [-0.15, -0.1) is 0 Å². The van der Waals surface area contributed by atoms with Crippen molar-refractivity contribution in [1.82, 2.24) is 14.3 Å². The van der Waals surface area contributed by atoms with Gasteiger partial charge in [0, 0.05) is 26.0 Å². The van der Waals surface area contributed by atoms with E-state index in [2.05, 4.69) is 72.5 Å². The molecule has 0 radical (unpaired) electrons. The summed E-state index contributed by atoms with van der Waals surface area (Å²) >= 11 is 10.4. The normalized spacial score (nSPS) is 17.2. The summed E-state index contributed by atoms with van der Waals surface area (Å²) in [7, 11) is 2.07. The van der Waals surface area contributed by atoms with Crippen LogP contribution in [0.15, 0.2) is 24.3 Å². The van der Waals surface area contributed by atoms with Gasteiger partial charge in [0.1, 0.15) is 16.5 Å². The van der Waals surface area contributed by atoms with Gasteiger partial charge in [0.25, 0.3) is 0 Å². The van der Waals surface area contributed by atoms with E-state index in [0.717, 1.165) is 53.5 Å². The molecule has 4 rings (SSSR count). The first-order valence-corrected chi connectivity index (χ1v) is 15.4. The number of imidazole rings is 1. The predicted molar refractivity (Wildman–Crippen MR) is 139 cm³/mol. The fraction of sp³-hybridized carbons (Fsp3) is 0.400. The SMILES string of the molecule is CSN(C)c1cc(C2CCCCO2)ccc1Nc1cc(Cl)nc2c1nc(C)n2PI. The zero-order valence-corrected chi connectivity index (χ0v) is 21.8. The summed E-state index contributed by atoms with van der Waals surface area (Å²) in [5.74, 6) is 0.932. The average Bonchev–Trinajstić information content (AvgIpc) is 3.09. The maximum absolute atomic E-state index is 6.36. The van der Waals surface area contributed by atoms with Crippen molar-refractivity contribution in [2.75, 3.05) is 29.5 Å². The van der Waals surface area contributed by atoms with Gasteiger partial charge in [-0.25, -0.2) is 9.97 Å². The van der Waals surface area contributed by atoms with Gasteiger partial charge in [-0.2, -0.15) is 0 Å². The lowest BCUT2D eigenvalue weighted by Crippen LogP contribution is -2.13. The van der Waals surface area contributed by atoms with E-state index in [9.17, 15) is 0 Å². The number of pyridine rings is 1. The smallest absolute Gasteiger partial charge is 0.167 e. The Bertz CT molecular complexity index is 1060. The number of nitrogens with zero attached hydrogens (tertiary/aromatic N) is 4. The second-order valence-electron chi connectivity index (χ2n) is 7.18. The van der Waals surface area contributed by atoms with Crippen LogP contribution in [0.2, 0.25) is 5.15 Å². The minimum Gasteiger partial charge on any atom is -0.374 e. The summed E-state index contributed by atoms with van der Waals surface area (Å²) in [5.41, 5.74) is 5.82. The van der Waals surface area contributed by atoms with E-state index in [1.54, 1.807) is 11.9 Å². The van der Waals surface area contributed by atoms with E-state index in [1.807, 2.05) is 13.0 Å². The zero-order chi connectivity index (χ0) is 21.3. The summed E-state index contributed by atoms with van der Waals surface area (Å²) in [4.78, 5) is 9.27. The van der Waals surface area contributed by atoms with Crippen LogP contribution in [0, 0.1) is 6.92 Å². The zero-order valence-electron chi connectivity index (χ0n) is 17.1. The number of rotatable bonds is 6. The van der Waals surface area contributed by atoms with Crippen molar-refractivity contribution in [2.45, 2.75) is 32.3 Å². The molecule has 2 unspecified atom stereocenters. The topological polar surface area (TPSA) is 55.2 Å². The molecule has 30 heavy (non-hydrogen) atoms. The van der Waals surface area contributed by atoms with Gasteiger partial charge in [-0.05, 0) is 65.9 Å². The monoisotopic (exact) mass is 575 g/mol. The third-order valence-corrected chi connectivity index (χ3v) is 8.38. The van der Waals surface area contributed by atoms with Crippen molar-refractivity contribution in [2.24, 2.45) is 0 Å². The molecule has 0 spiro atoms. The molecule has 160 valence electrons. The van der Waals surface area contributed by atoms with Crippen molar-refractivity contribution >= 4 is 80.2 Å². The first kappa shape index (κ1) is 22.4. The highest BCUT2D eigenvalue weighted by molar-refractivity contribution is 14.2. The number of nitrogens with one attached hydrogen (secondary N) is 1. The quantitative estimate of drug-likeness (QED) is 0.150. The number of anilines is 3. The summed E-state index contributed by atoms with van der Waals surface area (Å²) < 4.78 is 10.3. The van der Waals surface area contributed by atoms with Crippen molar-refractivity contribution < 1.29 is 4.74 Å². The Kier molecular flexibility index (Phi) is 7.30. The standard InChI is InChI=1S/C20H24ClIN5OPS/c1-12-23-19-15(11-18(21)25-20(19)27(12)29-22)24-14-8-7-13(10-16(14)26(2)30-3)17-6-4-5-9-28-17/h7-8,10-11,17,29H,4-6,9H2,1-3H3,(H,24,25). The molecule has 1 N–H and O–H groups in total. The molecule has 10 heteroatoms. The van der Waals surface area contributed by atoms with Crippen LogP contribution in [0.4, 0.5) is 17.1 Å². The summed E-state index contributed by atoms with van der Waals surface area (Å²) in [6, 6.07) is 8.36. The highest BCUT2D eigenvalue weighted by Crippen LogP contribution is 2.39. The Balaban J connectivity index is 1.75. The first-order chi connectivity index (χ1) is 14.5. The third kappa shape index (κ3) is 4.53. The van der Waals surface area contributed by atoms with Crippen LogP contribution in [0.1, 0.15) is 36.8 Å². The van der Waals surface area contributed by atoms with E-state index < -0.39 is 0 Å². The number of aromatic nitrogens is 3. The summed E-state index contributed by atoms with van der Waals surface area (Å²) in [6.45, 7) is 2.84. The number of hydrogen-bond donors (Lipinski definition) is 1. The fourth-order valence-electron chi connectivity index (χ4n) is 3.68. The molecule has 3 aromatic rings. The molecule has 2 atom stereocenters. The van der Waals surface area contributed by atoms with Crippen molar-refractivity contribution in [3.8, 4) is 0 Å². The minimum atomic E-state index is 0.173. The van der Waals surface area contributed by atoms with Crippen LogP contribution >= 0.6 is 52.0 Å². The maximum atomic E-state index is 6.36. The van der Waals surface area contributed by atoms with Gasteiger partial charge in [0.2, 0.25) is 0 Å². The van der Waals surface area contributed by atoms with Crippen LogP contribution in [-0.2, 0) is 4.74 Å². The molecule has 3 heterocycles. The Labute approximate surface area is 201 Å². The Morgan fingerprint density at radius 1 is 1.30 bits per heavy atom. The highest BCUT2D eigenvalue weighted by atomic mass is 127. The first-order valence-electron chi connectivity index (χ1n) is 9.74. The van der Waals surface area contributed by atoms with Gasteiger partial charge in [-0.3, -0.25) is 4.34 Å². The lowest BCUT2D eigenvalue weighted by Gasteiger charge is -2.26. The van der Waals surface area contributed by atoms with E-state index >= 15 is 0 Å². The molecule has 0 aliphatic carbocycles. The number of halogens is 2. The third-order valence-electron chi connectivity index (χ3n) is 5.29. The van der Waals surface area contributed by atoms with E-state index in [0.29, 0.717) is 11.5 Å². The number of fused-ring (bicyclic) bond motifs is 1. The largest absolute Gasteiger partial charge is 0.374 e. The van der Waals surface area contributed by atoms with E-state index in [1.165, 1.54) is 12.0 Å². The minimum absolute atomic E-state index is 0.173. The van der Waals surface area contributed by atoms with E-state index in [-0.39, 0.29) is 6.10 Å². The molecule has 0 bridgehead atoms. The average molecular weight is 576 g/mol. The van der Waals surface area contributed by atoms with E-state index in [4.69, 9.17) is 21.3 Å². The fourth-order valence-corrected chi connectivity index (χ4v) is 6.36. The molecular formula is C20H24ClIN5OPS. The van der Waals surface area contributed by atoms with Crippen LogP contribution in [0.25, 0.3) is 11.2 Å². The Hall–Kier alpha value is -0.800. The van der Waals surface area contributed by atoms with Gasteiger partial charge in [0.15, 0.2) is 5.65 Å². The second-order valence-corrected chi connectivity index (χ2v) is 10.5. The van der Waals surface area contributed by atoms with Gasteiger partial charge in [-0.1, -0.05) is 29.6 Å². The number of hydrogen-bond acceptors (Lipinski definition) is 6.